The number of benzene rings is 2. The number of halogens is 1. The molecule has 0 N–H and O–H groups in total. The zero-order chi connectivity index (χ0) is 24.0. The van der Waals surface area contributed by atoms with Gasteiger partial charge in [-0.2, -0.15) is 0 Å². The fourth-order valence-electron chi connectivity index (χ4n) is 5.27. The Hall–Kier alpha value is -1.87. The lowest BCUT2D eigenvalue weighted by Crippen LogP contribution is -2.25. The first kappa shape index (κ1) is 26.7. The molecule has 0 aliphatic heterocycles. The van der Waals surface area contributed by atoms with Crippen molar-refractivity contribution in [3.63, 3.8) is 0 Å². The van der Waals surface area contributed by atoms with Gasteiger partial charge < -0.3 is 9.47 Å². The van der Waals surface area contributed by atoms with Gasteiger partial charge in [-0.1, -0.05) is 102 Å². The molecule has 0 saturated heterocycles. The summed E-state index contributed by atoms with van der Waals surface area (Å²) in [6.07, 6.45) is 17.7. The standard InChI is InChI=1S/C31H45FO2/c1-3-4-5-6-7-8-9-10-11-14-23-34-27-20-17-25(18-21-27)26-19-22-28(30(32)24-26)29-15-12-13-16-31(29)33-2/h17-22,24,29,31H,3-16,23H2,1-2H3/t29-,31+/m1/s1. The third-order valence-corrected chi connectivity index (χ3v) is 7.36. The van der Waals surface area contributed by atoms with Gasteiger partial charge in [0.15, 0.2) is 0 Å². The van der Waals surface area contributed by atoms with Gasteiger partial charge in [0.1, 0.15) is 11.6 Å². The molecule has 2 aromatic rings. The summed E-state index contributed by atoms with van der Waals surface area (Å²) >= 11 is 0. The summed E-state index contributed by atoms with van der Waals surface area (Å²) in [6.45, 7) is 3.03. The average Bonchev–Trinajstić information content (AvgIpc) is 2.87. The molecule has 0 bridgehead atoms. The molecule has 0 aromatic heterocycles. The third kappa shape index (κ3) is 8.41. The van der Waals surface area contributed by atoms with Gasteiger partial charge in [-0.15, -0.1) is 0 Å². The fraction of sp³-hybridized carbons (Fsp3) is 0.613. The van der Waals surface area contributed by atoms with Crippen LogP contribution in [-0.2, 0) is 4.74 Å². The van der Waals surface area contributed by atoms with Crippen LogP contribution in [0.1, 0.15) is 108 Å². The van der Waals surface area contributed by atoms with E-state index in [0.29, 0.717) is 0 Å². The molecule has 0 unspecified atom stereocenters. The Labute approximate surface area is 207 Å². The predicted octanol–water partition coefficient (Wildman–Crippen LogP) is 9.46. The Morgan fingerprint density at radius 3 is 2.03 bits per heavy atom. The molecule has 2 atom stereocenters. The molecule has 3 rings (SSSR count). The van der Waals surface area contributed by atoms with Gasteiger partial charge >= 0.3 is 0 Å². The van der Waals surface area contributed by atoms with Gasteiger partial charge in [0.25, 0.3) is 0 Å². The van der Waals surface area contributed by atoms with E-state index < -0.39 is 0 Å². The van der Waals surface area contributed by atoms with E-state index in [2.05, 4.69) is 6.92 Å². The summed E-state index contributed by atoms with van der Waals surface area (Å²) in [5.41, 5.74) is 2.72. The van der Waals surface area contributed by atoms with Crippen molar-refractivity contribution in [2.75, 3.05) is 13.7 Å². The third-order valence-electron chi connectivity index (χ3n) is 7.36. The monoisotopic (exact) mass is 468 g/mol. The second-order valence-electron chi connectivity index (χ2n) is 9.96. The molecule has 0 heterocycles. The van der Waals surface area contributed by atoms with Crippen LogP contribution in [0.4, 0.5) is 4.39 Å². The summed E-state index contributed by atoms with van der Waals surface area (Å²) < 4.78 is 26.6. The Balaban J connectivity index is 1.39. The first-order valence-corrected chi connectivity index (χ1v) is 13.8. The molecule has 3 heteroatoms. The maximum absolute atomic E-state index is 15.0. The molecule has 0 amide bonds. The number of ether oxygens (including phenoxy) is 2. The summed E-state index contributed by atoms with van der Waals surface area (Å²) in [6, 6.07) is 13.7. The highest BCUT2D eigenvalue weighted by atomic mass is 19.1. The molecule has 0 spiro atoms. The average molecular weight is 469 g/mol. The van der Waals surface area contributed by atoms with Crippen molar-refractivity contribution in [2.45, 2.75) is 109 Å². The lowest BCUT2D eigenvalue weighted by atomic mass is 9.81. The van der Waals surface area contributed by atoms with E-state index in [-0.39, 0.29) is 17.8 Å². The van der Waals surface area contributed by atoms with Gasteiger partial charge in [-0.3, -0.25) is 0 Å². The predicted molar refractivity (Wildman–Crippen MR) is 141 cm³/mol. The molecule has 34 heavy (non-hydrogen) atoms. The first-order valence-electron chi connectivity index (χ1n) is 13.8. The Morgan fingerprint density at radius 2 is 1.38 bits per heavy atom. The first-order chi connectivity index (χ1) is 16.7. The van der Waals surface area contributed by atoms with Crippen LogP contribution in [0.5, 0.6) is 5.75 Å². The molecule has 0 radical (unpaired) electrons. The van der Waals surface area contributed by atoms with Crippen LogP contribution in [0.15, 0.2) is 42.5 Å². The number of hydrogen-bond acceptors (Lipinski definition) is 2. The molecule has 2 nitrogen and oxygen atoms in total. The van der Waals surface area contributed by atoms with Crippen LogP contribution in [-0.4, -0.2) is 19.8 Å². The van der Waals surface area contributed by atoms with Crippen molar-refractivity contribution in [3.8, 4) is 16.9 Å². The van der Waals surface area contributed by atoms with Gasteiger partial charge in [0.2, 0.25) is 0 Å². The number of methoxy groups -OCH3 is 1. The van der Waals surface area contributed by atoms with E-state index in [1.807, 2.05) is 36.4 Å². The molecule has 1 saturated carbocycles. The van der Waals surface area contributed by atoms with Crippen molar-refractivity contribution >= 4 is 0 Å². The van der Waals surface area contributed by atoms with Crippen molar-refractivity contribution in [1.82, 2.24) is 0 Å². The number of unbranched alkanes of at least 4 members (excludes halogenated alkanes) is 9. The highest BCUT2D eigenvalue weighted by Gasteiger charge is 2.28. The normalized spacial score (nSPS) is 18.2. The van der Waals surface area contributed by atoms with E-state index in [1.54, 1.807) is 13.2 Å². The highest BCUT2D eigenvalue weighted by molar-refractivity contribution is 5.64. The highest BCUT2D eigenvalue weighted by Crippen LogP contribution is 2.37. The van der Waals surface area contributed by atoms with E-state index in [1.165, 1.54) is 64.2 Å². The van der Waals surface area contributed by atoms with Crippen LogP contribution in [0.25, 0.3) is 11.1 Å². The second kappa shape index (κ2) is 15.2. The number of rotatable bonds is 15. The summed E-state index contributed by atoms with van der Waals surface area (Å²) in [4.78, 5) is 0. The van der Waals surface area contributed by atoms with Crippen molar-refractivity contribution in [1.29, 1.82) is 0 Å². The van der Waals surface area contributed by atoms with Crippen molar-refractivity contribution in [3.05, 3.63) is 53.8 Å². The van der Waals surface area contributed by atoms with E-state index in [4.69, 9.17) is 9.47 Å². The largest absolute Gasteiger partial charge is 0.494 e. The van der Waals surface area contributed by atoms with Gasteiger partial charge in [0.05, 0.1) is 12.7 Å². The van der Waals surface area contributed by atoms with Crippen LogP contribution in [0, 0.1) is 5.82 Å². The molecule has 1 aliphatic carbocycles. The second-order valence-corrected chi connectivity index (χ2v) is 9.96. The van der Waals surface area contributed by atoms with Crippen LogP contribution in [0.3, 0.4) is 0 Å². The zero-order valence-corrected chi connectivity index (χ0v) is 21.5. The van der Waals surface area contributed by atoms with Crippen LogP contribution < -0.4 is 4.74 Å². The van der Waals surface area contributed by atoms with Crippen LogP contribution in [0.2, 0.25) is 0 Å². The zero-order valence-electron chi connectivity index (χ0n) is 21.5. The smallest absolute Gasteiger partial charge is 0.127 e. The number of hydrogen-bond donors (Lipinski definition) is 0. The van der Waals surface area contributed by atoms with Gasteiger partial charge in [-0.25, -0.2) is 4.39 Å². The van der Waals surface area contributed by atoms with E-state index in [0.717, 1.165) is 54.7 Å². The molecule has 1 aliphatic rings. The molecular formula is C31H45FO2. The minimum Gasteiger partial charge on any atom is -0.494 e. The lowest BCUT2D eigenvalue weighted by Gasteiger charge is -2.31. The Morgan fingerprint density at radius 1 is 0.765 bits per heavy atom. The van der Waals surface area contributed by atoms with Gasteiger partial charge in [-0.05, 0) is 54.2 Å². The topological polar surface area (TPSA) is 18.5 Å². The molecule has 1 fully saturated rings. The minimum atomic E-state index is -0.118. The van der Waals surface area contributed by atoms with E-state index >= 15 is 4.39 Å². The Kier molecular flexibility index (Phi) is 11.9. The SMILES string of the molecule is CCCCCCCCCCCCOc1ccc(-c2ccc([C@H]3CCCC[C@@H]3OC)c(F)c2)cc1. The maximum atomic E-state index is 15.0. The van der Waals surface area contributed by atoms with E-state index in [9.17, 15) is 0 Å². The van der Waals surface area contributed by atoms with Crippen LogP contribution >= 0.6 is 0 Å². The molecule has 2 aromatic carbocycles. The Bertz CT molecular complexity index is 817. The minimum absolute atomic E-state index is 0.118. The molecular weight excluding hydrogens is 423 g/mol. The fourth-order valence-corrected chi connectivity index (χ4v) is 5.27. The van der Waals surface area contributed by atoms with Crippen molar-refractivity contribution < 1.29 is 13.9 Å². The molecule has 188 valence electrons. The maximum Gasteiger partial charge on any atom is 0.127 e. The van der Waals surface area contributed by atoms with Crippen molar-refractivity contribution in [2.24, 2.45) is 0 Å². The summed E-state index contributed by atoms with van der Waals surface area (Å²) in [7, 11) is 1.75. The van der Waals surface area contributed by atoms with Gasteiger partial charge in [0, 0.05) is 13.0 Å². The summed E-state index contributed by atoms with van der Waals surface area (Å²) in [5, 5.41) is 0. The quantitative estimate of drug-likeness (QED) is 0.242. The summed E-state index contributed by atoms with van der Waals surface area (Å²) in [5.74, 6) is 0.934. The lowest BCUT2D eigenvalue weighted by molar-refractivity contribution is 0.0513.